The van der Waals surface area contributed by atoms with Gasteiger partial charge in [0.2, 0.25) is 6.41 Å². The Morgan fingerprint density at radius 1 is 1.53 bits per heavy atom. The van der Waals surface area contributed by atoms with Gasteiger partial charge in [-0.2, -0.15) is 5.10 Å². The van der Waals surface area contributed by atoms with Gasteiger partial charge in [0.15, 0.2) is 0 Å². The Hall–Kier alpha value is -1.89. The quantitative estimate of drug-likeness (QED) is 0.785. The zero-order chi connectivity index (χ0) is 13.4. The fourth-order valence-corrected chi connectivity index (χ4v) is 2.83. The van der Waals surface area contributed by atoms with Crippen LogP contribution in [0.5, 0.6) is 5.19 Å². The highest BCUT2D eigenvalue weighted by Gasteiger charge is 2.28. The molecule has 1 saturated heterocycles. The fourth-order valence-electron chi connectivity index (χ4n) is 2.11. The van der Waals surface area contributed by atoms with E-state index in [0.717, 1.165) is 23.4 Å². The van der Waals surface area contributed by atoms with E-state index >= 15 is 0 Å². The van der Waals surface area contributed by atoms with Gasteiger partial charge in [0.1, 0.15) is 11.8 Å². The molecule has 100 valence electrons. The van der Waals surface area contributed by atoms with Crippen LogP contribution in [0.1, 0.15) is 5.56 Å². The van der Waals surface area contributed by atoms with Gasteiger partial charge >= 0.3 is 0 Å². The third-order valence-electron chi connectivity index (χ3n) is 3.14. The van der Waals surface area contributed by atoms with Gasteiger partial charge in [0.05, 0.1) is 25.0 Å². The number of carbonyl (C=O) groups excluding carboxylic acids is 1. The number of aromatic nitrogens is 3. The number of hydrogen-bond donors (Lipinski definition) is 0. The third kappa shape index (κ3) is 2.21. The lowest BCUT2D eigenvalue weighted by Gasteiger charge is -2.35. The van der Waals surface area contributed by atoms with Crippen molar-refractivity contribution in [2.45, 2.75) is 13.0 Å². The van der Waals surface area contributed by atoms with E-state index in [1.165, 1.54) is 11.3 Å². The van der Waals surface area contributed by atoms with Crippen LogP contribution in [0.3, 0.4) is 0 Å². The second-order valence-electron chi connectivity index (χ2n) is 4.60. The first-order valence-corrected chi connectivity index (χ1v) is 6.86. The van der Waals surface area contributed by atoms with Crippen LogP contribution in [0.25, 0.3) is 11.4 Å². The Morgan fingerprint density at radius 2 is 2.32 bits per heavy atom. The van der Waals surface area contributed by atoms with Gasteiger partial charge in [-0.15, -0.1) is 0 Å². The molecule has 0 aromatic carbocycles. The number of carbonyl (C=O) groups is 1. The minimum atomic E-state index is 0.0665. The van der Waals surface area contributed by atoms with Crippen molar-refractivity contribution >= 4 is 17.7 Å². The first-order chi connectivity index (χ1) is 9.17. The minimum absolute atomic E-state index is 0.0665. The van der Waals surface area contributed by atoms with Gasteiger partial charge in [-0.25, -0.2) is 4.98 Å². The Kier molecular flexibility index (Phi) is 2.98. The summed E-state index contributed by atoms with van der Waals surface area (Å²) in [6, 6.07) is 0. The maximum absolute atomic E-state index is 10.5. The van der Waals surface area contributed by atoms with E-state index in [1.54, 1.807) is 4.90 Å². The van der Waals surface area contributed by atoms with Crippen LogP contribution in [0.2, 0.25) is 0 Å². The van der Waals surface area contributed by atoms with Gasteiger partial charge in [0, 0.05) is 12.4 Å². The molecule has 0 radical (unpaired) electrons. The molecule has 1 fully saturated rings. The second kappa shape index (κ2) is 4.65. The molecule has 2 aromatic heterocycles. The van der Waals surface area contributed by atoms with E-state index in [1.807, 2.05) is 30.2 Å². The monoisotopic (exact) mass is 278 g/mol. The van der Waals surface area contributed by atoms with Crippen LogP contribution < -0.4 is 4.74 Å². The summed E-state index contributed by atoms with van der Waals surface area (Å²) in [5.41, 5.74) is 2.98. The fraction of sp³-hybridized carbons (Fsp3) is 0.417. The lowest BCUT2D eigenvalue weighted by atomic mass is 10.2. The first-order valence-electron chi connectivity index (χ1n) is 5.98. The summed E-state index contributed by atoms with van der Waals surface area (Å²) >= 11 is 1.47. The molecule has 19 heavy (non-hydrogen) atoms. The van der Waals surface area contributed by atoms with E-state index in [0.29, 0.717) is 18.3 Å². The molecule has 0 atom stereocenters. The molecule has 0 spiro atoms. The summed E-state index contributed by atoms with van der Waals surface area (Å²) in [5.74, 6) is 0. The standard InChI is InChI=1S/C12H14N4O2S/c1-8-3-13-15(2)11(8)10-6-19-12(14-10)18-9-4-16(5-9)7-17/h3,6-7,9H,4-5H2,1-2H3. The van der Waals surface area contributed by atoms with Crippen molar-refractivity contribution in [3.63, 3.8) is 0 Å². The normalized spacial score (nSPS) is 15.4. The summed E-state index contributed by atoms with van der Waals surface area (Å²) in [6.07, 6.45) is 2.73. The third-order valence-corrected chi connectivity index (χ3v) is 3.87. The second-order valence-corrected chi connectivity index (χ2v) is 5.42. The zero-order valence-electron chi connectivity index (χ0n) is 10.7. The summed E-state index contributed by atoms with van der Waals surface area (Å²) < 4.78 is 7.53. The van der Waals surface area contributed by atoms with Crippen LogP contribution in [0.4, 0.5) is 0 Å². The van der Waals surface area contributed by atoms with Crippen molar-refractivity contribution in [3.05, 3.63) is 17.1 Å². The molecule has 1 aliphatic rings. The van der Waals surface area contributed by atoms with E-state index in [-0.39, 0.29) is 6.10 Å². The first kappa shape index (κ1) is 12.2. The Bertz CT molecular complexity index is 581. The van der Waals surface area contributed by atoms with Crippen molar-refractivity contribution < 1.29 is 9.53 Å². The molecule has 6 nitrogen and oxygen atoms in total. The highest BCUT2D eigenvalue weighted by atomic mass is 32.1. The summed E-state index contributed by atoms with van der Waals surface area (Å²) in [4.78, 5) is 16.6. The average molecular weight is 278 g/mol. The number of amides is 1. The number of rotatable bonds is 4. The van der Waals surface area contributed by atoms with Crippen molar-refractivity contribution in [1.29, 1.82) is 0 Å². The molecule has 0 saturated carbocycles. The number of thiazole rings is 1. The number of hydrogen-bond acceptors (Lipinski definition) is 5. The molecule has 1 amide bonds. The van der Waals surface area contributed by atoms with Crippen LogP contribution in [-0.2, 0) is 11.8 Å². The van der Waals surface area contributed by atoms with Crippen LogP contribution in [0, 0.1) is 6.92 Å². The SMILES string of the molecule is Cc1cnn(C)c1-c1csc(OC2CN(C=O)C2)n1. The minimum Gasteiger partial charge on any atom is -0.463 e. The lowest BCUT2D eigenvalue weighted by Crippen LogP contribution is -2.52. The largest absolute Gasteiger partial charge is 0.463 e. The number of nitrogens with zero attached hydrogens (tertiary/aromatic N) is 4. The van der Waals surface area contributed by atoms with Crippen molar-refractivity contribution in [2.75, 3.05) is 13.1 Å². The highest BCUT2D eigenvalue weighted by molar-refractivity contribution is 7.11. The van der Waals surface area contributed by atoms with Gasteiger partial charge in [0.25, 0.3) is 5.19 Å². The van der Waals surface area contributed by atoms with E-state index in [9.17, 15) is 4.79 Å². The molecule has 0 unspecified atom stereocenters. The molecule has 0 bridgehead atoms. The predicted molar refractivity (Wildman–Crippen MR) is 71.1 cm³/mol. The molecule has 2 aromatic rings. The molecular weight excluding hydrogens is 264 g/mol. The van der Waals surface area contributed by atoms with E-state index < -0.39 is 0 Å². The molecule has 0 aliphatic carbocycles. The van der Waals surface area contributed by atoms with E-state index in [4.69, 9.17) is 4.74 Å². The van der Waals surface area contributed by atoms with Crippen LogP contribution in [0.15, 0.2) is 11.6 Å². The summed E-state index contributed by atoms with van der Waals surface area (Å²) in [6.45, 7) is 3.29. The molecule has 7 heteroatoms. The topological polar surface area (TPSA) is 60.2 Å². The number of aryl methyl sites for hydroxylation is 2. The number of likely N-dealkylation sites (tertiary alicyclic amines) is 1. The van der Waals surface area contributed by atoms with Crippen molar-refractivity contribution in [3.8, 4) is 16.6 Å². The van der Waals surface area contributed by atoms with Crippen molar-refractivity contribution in [1.82, 2.24) is 19.7 Å². The maximum Gasteiger partial charge on any atom is 0.274 e. The summed E-state index contributed by atoms with van der Waals surface area (Å²) in [7, 11) is 1.90. The number of ether oxygens (including phenoxy) is 1. The smallest absolute Gasteiger partial charge is 0.274 e. The highest BCUT2D eigenvalue weighted by Crippen LogP contribution is 2.29. The Morgan fingerprint density at radius 3 is 2.95 bits per heavy atom. The molecule has 3 heterocycles. The van der Waals surface area contributed by atoms with Gasteiger partial charge in [-0.05, 0) is 12.5 Å². The molecule has 1 aliphatic heterocycles. The van der Waals surface area contributed by atoms with Gasteiger partial charge < -0.3 is 9.64 Å². The molecule has 0 N–H and O–H groups in total. The molecular formula is C12H14N4O2S. The Balaban J connectivity index is 1.72. The lowest BCUT2D eigenvalue weighted by molar-refractivity contribution is -0.126. The summed E-state index contributed by atoms with van der Waals surface area (Å²) in [5, 5.41) is 6.82. The van der Waals surface area contributed by atoms with Crippen molar-refractivity contribution in [2.24, 2.45) is 7.05 Å². The van der Waals surface area contributed by atoms with Gasteiger partial charge in [-0.1, -0.05) is 11.3 Å². The van der Waals surface area contributed by atoms with Crippen LogP contribution >= 0.6 is 11.3 Å². The zero-order valence-corrected chi connectivity index (χ0v) is 11.6. The Labute approximate surface area is 114 Å². The maximum atomic E-state index is 10.5. The average Bonchev–Trinajstić information content (AvgIpc) is 2.90. The van der Waals surface area contributed by atoms with Gasteiger partial charge in [-0.3, -0.25) is 9.48 Å². The van der Waals surface area contributed by atoms with E-state index in [2.05, 4.69) is 10.1 Å². The van der Waals surface area contributed by atoms with Crippen LogP contribution in [-0.4, -0.2) is 45.3 Å². The molecule has 3 rings (SSSR count). The predicted octanol–water partition coefficient (Wildman–Crippen LogP) is 1.07.